The molecule has 1 aliphatic heterocycles. The van der Waals surface area contributed by atoms with Crippen LogP contribution >= 0.6 is 0 Å². The number of aromatic nitrogens is 1. The van der Waals surface area contributed by atoms with Gasteiger partial charge in [0.2, 0.25) is 0 Å². The smallest absolute Gasteiger partial charge is 0.252 e. The molecule has 2 rings (SSSR count). The highest BCUT2D eigenvalue weighted by molar-refractivity contribution is 5.94. The van der Waals surface area contributed by atoms with E-state index >= 15 is 0 Å². The zero-order valence-electron chi connectivity index (χ0n) is 12.4. The monoisotopic (exact) mass is 276 g/mol. The van der Waals surface area contributed by atoms with Crippen molar-refractivity contribution in [2.45, 2.75) is 31.7 Å². The number of carbonyl (C=O) groups excluding carboxylic acids is 1. The normalized spacial score (nSPS) is 19.6. The summed E-state index contributed by atoms with van der Waals surface area (Å²) in [5.74, 6) is 0.726. The summed E-state index contributed by atoms with van der Waals surface area (Å²) >= 11 is 0. The van der Waals surface area contributed by atoms with E-state index in [0.29, 0.717) is 11.6 Å². The number of likely N-dealkylation sites (tertiary alicyclic amines) is 1. The molecule has 0 radical (unpaired) electrons. The van der Waals surface area contributed by atoms with Crippen LogP contribution in [0, 0.1) is 0 Å². The number of pyridine rings is 1. The van der Waals surface area contributed by atoms with Gasteiger partial charge in [-0.3, -0.25) is 4.79 Å². The fourth-order valence-corrected chi connectivity index (χ4v) is 2.64. The van der Waals surface area contributed by atoms with E-state index in [2.05, 4.69) is 27.6 Å². The highest BCUT2D eigenvalue weighted by Crippen LogP contribution is 2.17. The Bertz CT molecular complexity index is 432. The molecule has 2 N–H and O–H groups in total. The van der Waals surface area contributed by atoms with Gasteiger partial charge in [-0.25, -0.2) is 4.98 Å². The van der Waals surface area contributed by atoms with Crippen LogP contribution in [-0.4, -0.2) is 49.0 Å². The zero-order chi connectivity index (χ0) is 14.4. The van der Waals surface area contributed by atoms with Gasteiger partial charge in [-0.15, -0.1) is 0 Å². The standard InChI is InChI=1S/C15H24N4O/c1-16-14-7-6-12(11-18-14)15(20)17-9-8-13-5-3-4-10-19(13)2/h6-7,11,13H,3-5,8-10H2,1-2H3,(H,16,18)(H,17,20)/t13-/m0/s1. The lowest BCUT2D eigenvalue weighted by Gasteiger charge is -2.32. The van der Waals surface area contributed by atoms with E-state index in [0.717, 1.165) is 18.8 Å². The number of hydrogen-bond donors (Lipinski definition) is 2. The van der Waals surface area contributed by atoms with Crippen molar-refractivity contribution in [1.29, 1.82) is 0 Å². The van der Waals surface area contributed by atoms with Gasteiger partial charge in [0.15, 0.2) is 0 Å². The van der Waals surface area contributed by atoms with E-state index in [1.165, 1.54) is 25.8 Å². The van der Waals surface area contributed by atoms with Crippen molar-refractivity contribution < 1.29 is 4.79 Å². The van der Waals surface area contributed by atoms with E-state index in [1.807, 2.05) is 13.1 Å². The molecule has 20 heavy (non-hydrogen) atoms. The Labute approximate surface area is 120 Å². The van der Waals surface area contributed by atoms with Crippen molar-refractivity contribution in [1.82, 2.24) is 15.2 Å². The molecule has 1 amide bonds. The number of anilines is 1. The van der Waals surface area contributed by atoms with Crippen LogP contribution in [0.5, 0.6) is 0 Å². The summed E-state index contributed by atoms with van der Waals surface area (Å²) in [5.41, 5.74) is 0.612. The fraction of sp³-hybridized carbons (Fsp3) is 0.600. The molecule has 110 valence electrons. The molecule has 1 saturated heterocycles. The largest absolute Gasteiger partial charge is 0.373 e. The van der Waals surface area contributed by atoms with Crippen LogP contribution in [0.15, 0.2) is 18.3 Å². The number of amides is 1. The third-order valence-corrected chi connectivity index (χ3v) is 3.97. The average Bonchev–Trinajstić information content (AvgIpc) is 2.49. The first-order chi connectivity index (χ1) is 9.70. The maximum Gasteiger partial charge on any atom is 0.252 e. The number of nitrogens with one attached hydrogen (secondary N) is 2. The molecule has 5 heteroatoms. The Morgan fingerprint density at radius 1 is 1.45 bits per heavy atom. The highest BCUT2D eigenvalue weighted by atomic mass is 16.1. The molecule has 0 aromatic carbocycles. The molecule has 1 aromatic heterocycles. The van der Waals surface area contributed by atoms with Crippen molar-refractivity contribution >= 4 is 11.7 Å². The van der Waals surface area contributed by atoms with E-state index < -0.39 is 0 Å². The van der Waals surface area contributed by atoms with Crippen LogP contribution in [0.3, 0.4) is 0 Å². The zero-order valence-corrected chi connectivity index (χ0v) is 12.4. The van der Waals surface area contributed by atoms with E-state index in [9.17, 15) is 4.79 Å². The molecule has 5 nitrogen and oxygen atoms in total. The molecule has 0 aliphatic carbocycles. The molecular formula is C15H24N4O. The Hall–Kier alpha value is -1.62. The number of piperidine rings is 1. The van der Waals surface area contributed by atoms with Gasteiger partial charge < -0.3 is 15.5 Å². The lowest BCUT2D eigenvalue weighted by atomic mass is 10.0. The predicted molar refractivity (Wildman–Crippen MR) is 81.0 cm³/mol. The van der Waals surface area contributed by atoms with Crippen LogP contribution in [0.1, 0.15) is 36.0 Å². The van der Waals surface area contributed by atoms with Crippen LogP contribution in [0.25, 0.3) is 0 Å². The molecule has 0 spiro atoms. The van der Waals surface area contributed by atoms with Crippen LogP contribution in [0.2, 0.25) is 0 Å². The fourth-order valence-electron chi connectivity index (χ4n) is 2.64. The van der Waals surface area contributed by atoms with Gasteiger partial charge in [-0.2, -0.15) is 0 Å². The van der Waals surface area contributed by atoms with Gasteiger partial charge in [-0.05, 0) is 45.0 Å². The van der Waals surface area contributed by atoms with Crippen molar-refractivity contribution in [3.8, 4) is 0 Å². The third kappa shape index (κ3) is 3.93. The highest BCUT2D eigenvalue weighted by Gasteiger charge is 2.18. The van der Waals surface area contributed by atoms with E-state index in [1.54, 1.807) is 12.3 Å². The summed E-state index contributed by atoms with van der Waals surface area (Å²) in [7, 11) is 3.98. The molecule has 1 atom stereocenters. The average molecular weight is 276 g/mol. The van der Waals surface area contributed by atoms with Crippen molar-refractivity contribution in [3.63, 3.8) is 0 Å². The van der Waals surface area contributed by atoms with Crippen molar-refractivity contribution in [3.05, 3.63) is 23.9 Å². The van der Waals surface area contributed by atoms with Gasteiger partial charge in [0.25, 0.3) is 5.91 Å². The van der Waals surface area contributed by atoms with Gasteiger partial charge in [0, 0.05) is 25.8 Å². The Balaban J connectivity index is 1.76. The summed E-state index contributed by atoms with van der Waals surface area (Å²) in [4.78, 5) is 18.5. The summed E-state index contributed by atoms with van der Waals surface area (Å²) in [6.45, 7) is 1.90. The molecule has 0 saturated carbocycles. The first kappa shape index (κ1) is 14.8. The predicted octanol–water partition coefficient (Wildman–Crippen LogP) is 1.73. The van der Waals surface area contributed by atoms with Gasteiger partial charge in [-0.1, -0.05) is 6.42 Å². The van der Waals surface area contributed by atoms with Crippen molar-refractivity contribution in [2.24, 2.45) is 0 Å². The number of hydrogen-bond acceptors (Lipinski definition) is 4. The molecular weight excluding hydrogens is 252 g/mol. The van der Waals surface area contributed by atoms with Gasteiger partial charge >= 0.3 is 0 Å². The summed E-state index contributed by atoms with van der Waals surface area (Å²) in [6, 6.07) is 4.21. The summed E-state index contributed by atoms with van der Waals surface area (Å²) in [6.07, 6.45) is 6.46. The summed E-state index contributed by atoms with van der Waals surface area (Å²) in [5, 5.41) is 5.91. The molecule has 1 fully saturated rings. The first-order valence-electron chi connectivity index (χ1n) is 7.33. The Morgan fingerprint density at radius 2 is 2.30 bits per heavy atom. The molecule has 2 heterocycles. The quantitative estimate of drug-likeness (QED) is 0.860. The minimum absolute atomic E-state index is 0.0429. The molecule has 0 bridgehead atoms. The lowest BCUT2D eigenvalue weighted by molar-refractivity contribution is 0.0945. The second-order valence-electron chi connectivity index (χ2n) is 5.36. The minimum Gasteiger partial charge on any atom is -0.373 e. The minimum atomic E-state index is -0.0429. The van der Waals surface area contributed by atoms with Gasteiger partial charge in [0.05, 0.1) is 5.56 Å². The van der Waals surface area contributed by atoms with E-state index in [4.69, 9.17) is 0 Å². The van der Waals surface area contributed by atoms with Crippen LogP contribution in [-0.2, 0) is 0 Å². The number of carbonyl (C=O) groups is 1. The van der Waals surface area contributed by atoms with Crippen LogP contribution in [0.4, 0.5) is 5.82 Å². The third-order valence-electron chi connectivity index (χ3n) is 3.97. The maximum atomic E-state index is 12.0. The number of rotatable bonds is 5. The van der Waals surface area contributed by atoms with Crippen molar-refractivity contribution in [2.75, 3.05) is 32.5 Å². The topological polar surface area (TPSA) is 57.3 Å². The van der Waals surface area contributed by atoms with Gasteiger partial charge in [0.1, 0.15) is 5.82 Å². The molecule has 1 aromatic rings. The summed E-state index contributed by atoms with van der Waals surface area (Å²) < 4.78 is 0. The first-order valence-corrected chi connectivity index (χ1v) is 7.33. The molecule has 0 unspecified atom stereocenters. The number of nitrogens with zero attached hydrogens (tertiary/aromatic N) is 2. The lowest BCUT2D eigenvalue weighted by Crippen LogP contribution is -2.39. The maximum absolute atomic E-state index is 12.0. The Morgan fingerprint density at radius 3 is 2.95 bits per heavy atom. The second-order valence-corrected chi connectivity index (χ2v) is 5.36. The Kier molecular flexibility index (Phi) is 5.35. The van der Waals surface area contributed by atoms with E-state index in [-0.39, 0.29) is 5.91 Å². The molecule has 1 aliphatic rings. The SMILES string of the molecule is CNc1ccc(C(=O)NCC[C@@H]2CCCCN2C)cn1. The van der Waals surface area contributed by atoms with Crippen LogP contribution < -0.4 is 10.6 Å². The second kappa shape index (κ2) is 7.24.